The van der Waals surface area contributed by atoms with Gasteiger partial charge in [-0.3, -0.25) is 5.01 Å². The van der Waals surface area contributed by atoms with Crippen molar-refractivity contribution in [2.24, 2.45) is 5.10 Å². The monoisotopic (exact) mass is 472 g/mol. The van der Waals surface area contributed by atoms with Crippen LogP contribution in [0, 0.1) is 0 Å². The number of hydrazone groups is 1. The van der Waals surface area contributed by atoms with Crippen LogP contribution in [0.1, 0.15) is 5.56 Å². The maximum absolute atomic E-state index is 5.21. The minimum atomic E-state index is 0.648. The number of halogens is 1. The topological polar surface area (TPSA) is 50.6 Å². The second-order valence-corrected chi connectivity index (χ2v) is 7.76. The van der Waals surface area contributed by atoms with Gasteiger partial charge in [0.05, 0.1) is 19.0 Å². The molecule has 0 bridgehead atoms. The largest absolute Gasteiger partial charge is 0.497 e. The van der Waals surface area contributed by atoms with Gasteiger partial charge in [-0.25, -0.2) is 9.97 Å². The minimum Gasteiger partial charge on any atom is -0.497 e. The highest BCUT2D eigenvalue weighted by Crippen LogP contribution is 2.26. The summed E-state index contributed by atoms with van der Waals surface area (Å²) in [5, 5.41) is 6.32. The molecule has 4 rings (SSSR count). The van der Waals surface area contributed by atoms with Gasteiger partial charge in [0, 0.05) is 28.7 Å². The molecule has 6 heteroatoms. The molecule has 0 amide bonds. The van der Waals surface area contributed by atoms with Crippen molar-refractivity contribution in [3.8, 4) is 28.4 Å². The van der Waals surface area contributed by atoms with Crippen LogP contribution < -0.4 is 9.75 Å². The second-order valence-electron chi connectivity index (χ2n) is 6.85. The molecular weight excluding hydrogens is 452 g/mol. The van der Waals surface area contributed by atoms with Crippen LogP contribution in [0.5, 0.6) is 5.75 Å². The van der Waals surface area contributed by atoms with E-state index in [-0.39, 0.29) is 0 Å². The SMILES string of the molecule is COc1ccc(/C=N\N(C)c2cc(-c3ccccc3)nc(-c3ccc(Br)cc3)n2)cc1. The van der Waals surface area contributed by atoms with Gasteiger partial charge < -0.3 is 4.74 Å². The number of nitrogens with zero attached hydrogens (tertiary/aromatic N) is 4. The number of rotatable bonds is 6. The fourth-order valence-electron chi connectivity index (χ4n) is 2.99. The van der Waals surface area contributed by atoms with Crippen molar-refractivity contribution in [1.29, 1.82) is 0 Å². The van der Waals surface area contributed by atoms with Crippen molar-refractivity contribution in [3.05, 3.63) is 95.0 Å². The number of aromatic nitrogens is 2. The Labute approximate surface area is 190 Å². The molecule has 0 saturated carbocycles. The molecule has 0 radical (unpaired) electrons. The van der Waals surface area contributed by atoms with E-state index in [9.17, 15) is 0 Å². The standard InChI is InChI=1S/C25H21BrN4O/c1-30(27-17-18-8-14-22(31-2)15-9-18)24-16-23(19-6-4-3-5-7-19)28-25(29-24)20-10-12-21(26)13-11-20/h3-17H,1-2H3/b27-17-. The number of benzene rings is 3. The molecule has 0 spiro atoms. The Balaban J connectivity index is 1.70. The molecular formula is C25H21BrN4O. The third-order valence-corrected chi connectivity index (χ3v) is 5.24. The highest BCUT2D eigenvalue weighted by Gasteiger charge is 2.11. The van der Waals surface area contributed by atoms with Gasteiger partial charge >= 0.3 is 0 Å². The predicted molar refractivity (Wildman–Crippen MR) is 130 cm³/mol. The summed E-state index contributed by atoms with van der Waals surface area (Å²) in [7, 11) is 3.53. The Hall–Kier alpha value is -3.51. The summed E-state index contributed by atoms with van der Waals surface area (Å²) >= 11 is 3.48. The average Bonchev–Trinajstić information content (AvgIpc) is 2.83. The summed E-state index contributed by atoms with van der Waals surface area (Å²) < 4.78 is 6.22. The van der Waals surface area contributed by atoms with Gasteiger partial charge in [-0.15, -0.1) is 0 Å². The van der Waals surface area contributed by atoms with Crippen molar-refractivity contribution in [1.82, 2.24) is 9.97 Å². The minimum absolute atomic E-state index is 0.648. The van der Waals surface area contributed by atoms with Crippen molar-refractivity contribution in [2.75, 3.05) is 19.2 Å². The van der Waals surface area contributed by atoms with Crippen molar-refractivity contribution < 1.29 is 4.74 Å². The third-order valence-electron chi connectivity index (χ3n) is 4.71. The van der Waals surface area contributed by atoms with Crippen LogP contribution >= 0.6 is 15.9 Å². The fraction of sp³-hybridized carbons (Fsp3) is 0.0800. The normalized spacial score (nSPS) is 10.9. The molecule has 0 unspecified atom stereocenters. The van der Waals surface area contributed by atoms with Crippen molar-refractivity contribution in [3.63, 3.8) is 0 Å². The van der Waals surface area contributed by atoms with E-state index in [0.717, 1.165) is 32.6 Å². The summed E-state index contributed by atoms with van der Waals surface area (Å²) in [5.41, 5.74) is 3.78. The number of hydrogen-bond acceptors (Lipinski definition) is 5. The van der Waals surface area contributed by atoms with Gasteiger partial charge in [-0.2, -0.15) is 5.10 Å². The lowest BCUT2D eigenvalue weighted by Crippen LogP contribution is -2.12. The number of ether oxygens (including phenoxy) is 1. The van der Waals surface area contributed by atoms with E-state index < -0.39 is 0 Å². The van der Waals surface area contributed by atoms with Crippen molar-refractivity contribution >= 4 is 28.0 Å². The van der Waals surface area contributed by atoms with Crippen LogP contribution in [-0.2, 0) is 0 Å². The predicted octanol–water partition coefficient (Wildman–Crippen LogP) is 6.05. The Morgan fingerprint density at radius 2 is 1.58 bits per heavy atom. The molecule has 0 aliphatic heterocycles. The molecule has 1 heterocycles. The summed E-state index contributed by atoms with van der Waals surface area (Å²) in [6.45, 7) is 0. The molecule has 1 aromatic heterocycles. The zero-order chi connectivity index (χ0) is 21.6. The summed E-state index contributed by atoms with van der Waals surface area (Å²) in [5.74, 6) is 2.17. The lowest BCUT2D eigenvalue weighted by Gasteiger charge is -2.15. The molecule has 154 valence electrons. The molecule has 0 N–H and O–H groups in total. The summed E-state index contributed by atoms with van der Waals surface area (Å²) in [6, 6.07) is 27.7. The fourth-order valence-corrected chi connectivity index (χ4v) is 3.25. The lowest BCUT2D eigenvalue weighted by molar-refractivity contribution is 0.415. The van der Waals surface area contributed by atoms with Crippen LogP contribution in [0.25, 0.3) is 22.6 Å². The smallest absolute Gasteiger partial charge is 0.162 e. The van der Waals surface area contributed by atoms with Crippen LogP contribution in [0.3, 0.4) is 0 Å². The van der Waals surface area contributed by atoms with E-state index in [0.29, 0.717) is 11.6 Å². The summed E-state index contributed by atoms with van der Waals surface area (Å²) in [4.78, 5) is 9.57. The first kappa shape index (κ1) is 20.8. The highest BCUT2D eigenvalue weighted by atomic mass is 79.9. The van der Waals surface area contributed by atoms with Gasteiger partial charge in [-0.05, 0) is 42.0 Å². The van der Waals surface area contributed by atoms with Gasteiger partial charge in [0.25, 0.3) is 0 Å². The molecule has 0 aliphatic rings. The maximum atomic E-state index is 5.21. The van der Waals surface area contributed by atoms with Gasteiger partial charge in [0.2, 0.25) is 0 Å². The number of anilines is 1. The van der Waals surface area contributed by atoms with E-state index in [1.54, 1.807) is 18.3 Å². The van der Waals surface area contributed by atoms with Gasteiger partial charge in [0.1, 0.15) is 5.75 Å². The molecule has 0 saturated heterocycles. The van der Waals surface area contributed by atoms with Crippen LogP contribution in [0.2, 0.25) is 0 Å². The van der Waals surface area contributed by atoms with Crippen LogP contribution in [-0.4, -0.2) is 30.3 Å². The first-order valence-corrected chi connectivity index (χ1v) is 10.5. The average molecular weight is 473 g/mol. The van der Waals surface area contributed by atoms with E-state index >= 15 is 0 Å². The second kappa shape index (κ2) is 9.53. The first-order valence-electron chi connectivity index (χ1n) is 9.74. The number of hydrogen-bond donors (Lipinski definition) is 0. The van der Waals surface area contributed by atoms with Gasteiger partial charge in [0.15, 0.2) is 11.6 Å². The zero-order valence-electron chi connectivity index (χ0n) is 17.2. The lowest BCUT2D eigenvalue weighted by atomic mass is 10.1. The molecule has 0 aliphatic carbocycles. The molecule has 0 atom stereocenters. The van der Waals surface area contributed by atoms with Gasteiger partial charge in [-0.1, -0.05) is 58.4 Å². The highest BCUT2D eigenvalue weighted by molar-refractivity contribution is 9.10. The first-order chi connectivity index (χ1) is 15.1. The van der Waals surface area contributed by atoms with E-state index in [2.05, 4.69) is 21.0 Å². The molecule has 3 aromatic carbocycles. The zero-order valence-corrected chi connectivity index (χ0v) is 18.8. The molecule has 4 aromatic rings. The number of methoxy groups -OCH3 is 1. The van der Waals surface area contributed by atoms with Crippen molar-refractivity contribution in [2.45, 2.75) is 0 Å². The Kier molecular flexibility index (Phi) is 6.38. The third kappa shape index (κ3) is 5.16. The molecule has 0 fully saturated rings. The Morgan fingerprint density at radius 1 is 0.871 bits per heavy atom. The summed E-state index contributed by atoms with van der Waals surface area (Å²) in [6.07, 6.45) is 1.79. The maximum Gasteiger partial charge on any atom is 0.162 e. The van der Waals surface area contributed by atoms with E-state index in [1.165, 1.54) is 0 Å². The Bertz CT molecular complexity index is 1180. The Morgan fingerprint density at radius 3 is 2.26 bits per heavy atom. The molecule has 5 nitrogen and oxygen atoms in total. The van der Waals surface area contributed by atoms with E-state index in [1.807, 2.05) is 92.0 Å². The molecule has 31 heavy (non-hydrogen) atoms. The van der Waals surface area contributed by atoms with E-state index in [4.69, 9.17) is 14.7 Å². The van der Waals surface area contributed by atoms with Crippen LogP contribution in [0.4, 0.5) is 5.82 Å². The van der Waals surface area contributed by atoms with Crippen LogP contribution in [0.15, 0.2) is 94.5 Å². The quantitative estimate of drug-likeness (QED) is 0.253.